The van der Waals surface area contributed by atoms with E-state index in [0.717, 1.165) is 10.2 Å². The molecule has 0 fully saturated rings. The van der Waals surface area contributed by atoms with Crippen molar-refractivity contribution < 1.29 is 0 Å². The summed E-state index contributed by atoms with van der Waals surface area (Å²) in [6, 6.07) is 7.28. The standard InChI is InChI=1S/C12H8BrN7/c13-7-3-6(4-14)1-2-8(7)18-11-9-10(17-5-16-9)19-12(15)20-11/h1-3,5H,(H4,15,16,17,18,19,20). The molecule has 98 valence electrons. The van der Waals surface area contributed by atoms with Gasteiger partial charge in [-0.25, -0.2) is 4.98 Å². The van der Waals surface area contributed by atoms with E-state index in [2.05, 4.69) is 47.3 Å². The molecule has 7 nitrogen and oxygen atoms in total. The Bertz CT molecular complexity index is 833. The molecule has 0 radical (unpaired) electrons. The van der Waals surface area contributed by atoms with E-state index in [1.165, 1.54) is 6.33 Å². The smallest absolute Gasteiger partial charge is 0.224 e. The molecule has 2 aromatic heterocycles. The van der Waals surface area contributed by atoms with Gasteiger partial charge in [0.25, 0.3) is 0 Å². The molecule has 0 bridgehead atoms. The molecule has 3 aromatic rings. The molecule has 0 aliphatic rings. The van der Waals surface area contributed by atoms with Gasteiger partial charge in [-0.15, -0.1) is 0 Å². The summed E-state index contributed by atoms with van der Waals surface area (Å²) in [4.78, 5) is 15.2. The van der Waals surface area contributed by atoms with Gasteiger partial charge >= 0.3 is 0 Å². The Morgan fingerprint density at radius 3 is 2.95 bits per heavy atom. The minimum Gasteiger partial charge on any atom is -0.368 e. The van der Waals surface area contributed by atoms with Crippen LogP contribution in [0.5, 0.6) is 0 Å². The van der Waals surface area contributed by atoms with Gasteiger partial charge in [0.15, 0.2) is 11.5 Å². The van der Waals surface area contributed by atoms with Crippen LogP contribution in [-0.2, 0) is 0 Å². The Kier molecular flexibility index (Phi) is 2.96. The number of fused-ring (bicyclic) bond motifs is 1. The van der Waals surface area contributed by atoms with E-state index >= 15 is 0 Å². The second-order valence-corrected chi connectivity index (χ2v) is 4.82. The number of aromatic nitrogens is 4. The van der Waals surface area contributed by atoms with Crippen LogP contribution in [0.2, 0.25) is 0 Å². The number of anilines is 3. The maximum absolute atomic E-state index is 8.85. The molecule has 0 saturated carbocycles. The van der Waals surface area contributed by atoms with Crippen LogP contribution in [0, 0.1) is 11.3 Å². The van der Waals surface area contributed by atoms with Crippen LogP contribution in [-0.4, -0.2) is 19.9 Å². The van der Waals surface area contributed by atoms with Gasteiger partial charge in [0.05, 0.1) is 23.6 Å². The molecule has 0 aliphatic carbocycles. The van der Waals surface area contributed by atoms with Crippen molar-refractivity contribution in [1.29, 1.82) is 5.26 Å². The molecule has 20 heavy (non-hydrogen) atoms. The number of nitrogens with one attached hydrogen (secondary N) is 2. The zero-order valence-electron chi connectivity index (χ0n) is 10.1. The van der Waals surface area contributed by atoms with Crippen LogP contribution < -0.4 is 11.1 Å². The summed E-state index contributed by atoms with van der Waals surface area (Å²) in [5, 5.41) is 12.0. The maximum atomic E-state index is 8.85. The SMILES string of the molecule is N#Cc1ccc(Nc2nc(N)nc3nc[nH]c23)c(Br)c1. The molecule has 2 heterocycles. The van der Waals surface area contributed by atoms with Crippen molar-refractivity contribution in [2.75, 3.05) is 11.1 Å². The molecule has 0 spiro atoms. The maximum Gasteiger partial charge on any atom is 0.224 e. The first-order valence-electron chi connectivity index (χ1n) is 5.60. The van der Waals surface area contributed by atoms with E-state index in [1.54, 1.807) is 18.2 Å². The molecule has 0 unspecified atom stereocenters. The summed E-state index contributed by atoms with van der Waals surface area (Å²) in [5.74, 6) is 0.660. The Morgan fingerprint density at radius 2 is 2.20 bits per heavy atom. The number of nitrogen functional groups attached to an aromatic ring is 1. The molecule has 3 rings (SSSR count). The Morgan fingerprint density at radius 1 is 1.35 bits per heavy atom. The van der Waals surface area contributed by atoms with Crippen LogP contribution in [0.25, 0.3) is 11.2 Å². The van der Waals surface area contributed by atoms with Crippen molar-refractivity contribution in [3.8, 4) is 6.07 Å². The molecular weight excluding hydrogens is 322 g/mol. The third-order valence-electron chi connectivity index (χ3n) is 2.65. The molecule has 0 amide bonds. The van der Waals surface area contributed by atoms with Gasteiger partial charge in [0.2, 0.25) is 5.95 Å². The number of imidazole rings is 1. The normalized spacial score (nSPS) is 10.4. The predicted molar refractivity (Wildman–Crippen MR) is 78.2 cm³/mol. The van der Waals surface area contributed by atoms with Gasteiger partial charge < -0.3 is 16.0 Å². The number of hydrogen-bond acceptors (Lipinski definition) is 6. The average Bonchev–Trinajstić information content (AvgIpc) is 2.89. The van der Waals surface area contributed by atoms with Gasteiger partial charge in [-0.05, 0) is 34.1 Å². The largest absolute Gasteiger partial charge is 0.368 e. The quantitative estimate of drug-likeness (QED) is 0.664. The number of hydrogen-bond donors (Lipinski definition) is 3. The fraction of sp³-hybridized carbons (Fsp3) is 0. The van der Waals surface area contributed by atoms with Crippen molar-refractivity contribution in [3.05, 3.63) is 34.6 Å². The lowest BCUT2D eigenvalue weighted by Crippen LogP contribution is -2.01. The number of nitrogens with two attached hydrogens (primary N) is 1. The van der Waals surface area contributed by atoms with Crippen LogP contribution in [0.1, 0.15) is 5.56 Å². The lowest BCUT2D eigenvalue weighted by Gasteiger charge is -2.09. The summed E-state index contributed by atoms with van der Waals surface area (Å²) >= 11 is 3.40. The predicted octanol–water partition coefficient (Wildman–Crippen LogP) is 2.31. The summed E-state index contributed by atoms with van der Waals surface area (Å²) in [6.45, 7) is 0. The third kappa shape index (κ3) is 2.15. The van der Waals surface area contributed by atoms with Crippen molar-refractivity contribution in [1.82, 2.24) is 19.9 Å². The van der Waals surface area contributed by atoms with E-state index in [1.807, 2.05) is 0 Å². The first-order chi connectivity index (χ1) is 9.67. The fourth-order valence-electron chi connectivity index (χ4n) is 1.75. The monoisotopic (exact) mass is 329 g/mol. The molecule has 0 atom stereocenters. The van der Waals surface area contributed by atoms with Gasteiger partial charge in [-0.2, -0.15) is 15.2 Å². The van der Waals surface area contributed by atoms with E-state index in [4.69, 9.17) is 11.0 Å². The van der Waals surface area contributed by atoms with Gasteiger partial charge in [-0.3, -0.25) is 0 Å². The van der Waals surface area contributed by atoms with Crippen molar-refractivity contribution in [2.45, 2.75) is 0 Å². The van der Waals surface area contributed by atoms with Crippen LogP contribution in [0.3, 0.4) is 0 Å². The second-order valence-electron chi connectivity index (χ2n) is 3.96. The molecule has 0 saturated heterocycles. The first-order valence-corrected chi connectivity index (χ1v) is 6.40. The highest BCUT2D eigenvalue weighted by molar-refractivity contribution is 9.10. The van der Waals surface area contributed by atoms with Crippen molar-refractivity contribution in [2.24, 2.45) is 0 Å². The lowest BCUT2D eigenvalue weighted by molar-refractivity contribution is 1.21. The van der Waals surface area contributed by atoms with Crippen molar-refractivity contribution >= 4 is 44.5 Å². The average molecular weight is 330 g/mol. The molecule has 4 N–H and O–H groups in total. The molecular formula is C12H8BrN7. The number of aromatic amines is 1. The Labute approximate surface area is 122 Å². The summed E-state index contributed by atoms with van der Waals surface area (Å²) in [7, 11) is 0. The van der Waals surface area contributed by atoms with Gasteiger partial charge in [0, 0.05) is 4.47 Å². The summed E-state index contributed by atoms with van der Waals surface area (Å²) in [5.41, 5.74) is 8.13. The Hall–Kier alpha value is -2.66. The number of nitrogens with zero attached hydrogens (tertiary/aromatic N) is 4. The third-order valence-corrected chi connectivity index (χ3v) is 3.31. The number of nitriles is 1. The zero-order valence-corrected chi connectivity index (χ0v) is 11.6. The number of rotatable bonds is 2. The highest BCUT2D eigenvalue weighted by Gasteiger charge is 2.10. The topological polar surface area (TPSA) is 116 Å². The molecule has 1 aromatic carbocycles. The highest BCUT2D eigenvalue weighted by atomic mass is 79.9. The van der Waals surface area contributed by atoms with Crippen LogP contribution in [0.4, 0.5) is 17.5 Å². The van der Waals surface area contributed by atoms with E-state index in [9.17, 15) is 0 Å². The highest BCUT2D eigenvalue weighted by Crippen LogP contribution is 2.28. The van der Waals surface area contributed by atoms with Crippen LogP contribution in [0.15, 0.2) is 29.0 Å². The van der Waals surface area contributed by atoms with Gasteiger partial charge in [-0.1, -0.05) is 0 Å². The zero-order chi connectivity index (χ0) is 14.1. The van der Waals surface area contributed by atoms with E-state index in [-0.39, 0.29) is 5.95 Å². The van der Waals surface area contributed by atoms with Crippen LogP contribution >= 0.6 is 15.9 Å². The lowest BCUT2D eigenvalue weighted by atomic mass is 10.2. The number of H-pyrrole nitrogens is 1. The fourth-order valence-corrected chi connectivity index (χ4v) is 2.23. The van der Waals surface area contributed by atoms with E-state index < -0.39 is 0 Å². The number of benzene rings is 1. The van der Waals surface area contributed by atoms with Gasteiger partial charge in [0.1, 0.15) is 5.52 Å². The number of halogens is 1. The Balaban J connectivity index is 2.05. The minimum atomic E-state index is 0.136. The van der Waals surface area contributed by atoms with Crippen molar-refractivity contribution in [3.63, 3.8) is 0 Å². The molecule has 8 heteroatoms. The molecule has 0 aliphatic heterocycles. The van der Waals surface area contributed by atoms with E-state index in [0.29, 0.717) is 22.5 Å². The summed E-state index contributed by atoms with van der Waals surface area (Å²) in [6.07, 6.45) is 1.53. The minimum absolute atomic E-state index is 0.136. The first kappa shape index (κ1) is 12.4. The second kappa shape index (κ2) is 4.79. The summed E-state index contributed by atoms with van der Waals surface area (Å²) < 4.78 is 0.751.